The Morgan fingerprint density at radius 2 is 2.40 bits per heavy atom. The van der Waals surface area contributed by atoms with Gasteiger partial charge in [0, 0.05) is 6.42 Å². The van der Waals surface area contributed by atoms with Crippen molar-refractivity contribution in [1.29, 1.82) is 0 Å². The summed E-state index contributed by atoms with van der Waals surface area (Å²) in [6, 6.07) is 0. The van der Waals surface area contributed by atoms with E-state index in [0.717, 1.165) is 0 Å². The van der Waals surface area contributed by atoms with E-state index in [1.807, 2.05) is 0 Å². The molecule has 0 aliphatic carbocycles. The zero-order valence-electron chi connectivity index (χ0n) is 7.71. The molecular formula is C7H10N4O2S2. The van der Waals surface area contributed by atoms with Gasteiger partial charge in [-0.15, -0.1) is 10.2 Å². The summed E-state index contributed by atoms with van der Waals surface area (Å²) in [5.74, 6) is -0.115. The number of amides is 1. The molecule has 0 bridgehead atoms. The largest absolute Gasteiger partial charge is 0.374 e. The van der Waals surface area contributed by atoms with Crippen LogP contribution in [0.1, 0.15) is 12.8 Å². The molecule has 1 aliphatic heterocycles. The quantitative estimate of drug-likeness (QED) is 0.668. The van der Waals surface area contributed by atoms with Crippen LogP contribution >= 0.6 is 23.1 Å². The first-order valence-corrected chi connectivity index (χ1v) is 6.08. The molecule has 82 valence electrons. The van der Waals surface area contributed by atoms with Gasteiger partial charge in [-0.2, -0.15) is 0 Å². The number of thioether (sulfide) groups is 1. The highest BCUT2D eigenvalue weighted by Crippen LogP contribution is 2.32. The Bertz CT molecular complexity index is 370. The fourth-order valence-corrected chi connectivity index (χ4v) is 3.22. The maximum absolute atomic E-state index is 10.9. The van der Waals surface area contributed by atoms with Crippen molar-refractivity contribution in [2.75, 3.05) is 5.73 Å². The third-order valence-corrected chi connectivity index (χ3v) is 4.16. The molecule has 1 fully saturated rings. The summed E-state index contributed by atoms with van der Waals surface area (Å²) >= 11 is 2.67. The first-order chi connectivity index (χ1) is 7.15. The normalized spacial score (nSPS) is 26.3. The maximum atomic E-state index is 10.9. The molecule has 1 aliphatic rings. The van der Waals surface area contributed by atoms with E-state index in [4.69, 9.17) is 5.73 Å². The van der Waals surface area contributed by atoms with Crippen LogP contribution in [0.3, 0.4) is 0 Å². The van der Waals surface area contributed by atoms with Crippen molar-refractivity contribution in [3.8, 4) is 0 Å². The number of nitrogens with zero attached hydrogens (tertiary/aromatic N) is 2. The van der Waals surface area contributed by atoms with Gasteiger partial charge >= 0.3 is 0 Å². The number of nitrogens with one attached hydrogen (secondary N) is 1. The van der Waals surface area contributed by atoms with Crippen LogP contribution in [0.25, 0.3) is 0 Å². The van der Waals surface area contributed by atoms with Crippen LogP contribution < -0.4 is 11.1 Å². The summed E-state index contributed by atoms with van der Waals surface area (Å²) in [5, 5.41) is 19.9. The standard InChI is InChI=1S/C7H10N4O2S2/c8-6-10-11-7(15-6)14-3-1-2-4(12)9-5(3)13/h3,5,13H,1-2H2,(H2,8,10)(H,9,12). The highest BCUT2D eigenvalue weighted by atomic mass is 32.2. The molecule has 1 amide bonds. The Morgan fingerprint density at radius 3 is 3.00 bits per heavy atom. The molecular weight excluding hydrogens is 236 g/mol. The molecule has 15 heavy (non-hydrogen) atoms. The van der Waals surface area contributed by atoms with Crippen molar-refractivity contribution in [3.05, 3.63) is 0 Å². The van der Waals surface area contributed by atoms with Crippen molar-refractivity contribution in [2.24, 2.45) is 0 Å². The fourth-order valence-electron chi connectivity index (χ4n) is 1.28. The second kappa shape index (κ2) is 4.33. The number of nitrogens with two attached hydrogens (primary N) is 1. The van der Waals surface area contributed by atoms with Gasteiger partial charge in [0.2, 0.25) is 11.0 Å². The predicted molar refractivity (Wildman–Crippen MR) is 57.3 cm³/mol. The van der Waals surface area contributed by atoms with E-state index in [1.165, 1.54) is 23.1 Å². The molecule has 4 N–H and O–H groups in total. The summed E-state index contributed by atoms with van der Waals surface area (Å²) in [7, 11) is 0. The smallest absolute Gasteiger partial charge is 0.222 e. The Hall–Kier alpha value is -0.860. The fraction of sp³-hybridized carbons (Fsp3) is 0.571. The first-order valence-electron chi connectivity index (χ1n) is 4.38. The van der Waals surface area contributed by atoms with Gasteiger partial charge in [-0.3, -0.25) is 4.79 Å². The Kier molecular flexibility index (Phi) is 3.08. The third kappa shape index (κ3) is 2.58. The van der Waals surface area contributed by atoms with E-state index in [0.29, 0.717) is 22.3 Å². The van der Waals surface area contributed by atoms with Crippen LogP contribution in [-0.4, -0.2) is 32.7 Å². The molecule has 0 radical (unpaired) electrons. The Morgan fingerprint density at radius 1 is 1.60 bits per heavy atom. The molecule has 2 atom stereocenters. The summed E-state index contributed by atoms with van der Waals surface area (Å²) in [5.41, 5.74) is 5.44. The van der Waals surface area contributed by atoms with Crippen LogP contribution in [0, 0.1) is 0 Å². The lowest BCUT2D eigenvalue weighted by Crippen LogP contribution is -2.46. The number of nitrogen functional groups attached to an aromatic ring is 1. The van der Waals surface area contributed by atoms with Gasteiger partial charge in [0.1, 0.15) is 6.23 Å². The number of carbonyl (C=O) groups excluding carboxylic acids is 1. The second-order valence-electron chi connectivity index (χ2n) is 3.11. The number of aliphatic hydroxyl groups is 1. The molecule has 6 nitrogen and oxygen atoms in total. The molecule has 8 heteroatoms. The van der Waals surface area contributed by atoms with Gasteiger partial charge in [0.05, 0.1) is 5.25 Å². The number of carbonyl (C=O) groups is 1. The van der Waals surface area contributed by atoms with Gasteiger partial charge in [0.25, 0.3) is 0 Å². The van der Waals surface area contributed by atoms with Crippen LogP contribution in [0.2, 0.25) is 0 Å². The predicted octanol–water partition coefficient (Wildman–Crippen LogP) is -0.191. The first kappa shape index (κ1) is 10.7. The van der Waals surface area contributed by atoms with Gasteiger partial charge in [-0.25, -0.2) is 0 Å². The summed E-state index contributed by atoms with van der Waals surface area (Å²) in [6.45, 7) is 0. The number of anilines is 1. The lowest BCUT2D eigenvalue weighted by molar-refractivity contribution is -0.126. The highest BCUT2D eigenvalue weighted by molar-refractivity contribution is 8.01. The third-order valence-electron chi connectivity index (χ3n) is 1.99. The van der Waals surface area contributed by atoms with Crippen molar-refractivity contribution in [2.45, 2.75) is 28.7 Å². The van der Waals surface area contributed by atoms with E-state index in [1.54, 1.807) is 0 Å². The van der Waals surface area contributed by atoms with Gasteiger partial charge in [0.15, 0.2) is 4.34 Å². The zero-order chi connectivity index (χ0) is 10.8. The van der Waals surface area contributed by atoms with Gasteiger partial charge in [-0.1, -0.05) is 23.1 Å². The minimum atomic E-state index is -0.818. The van der Waals surface area contributed by atoms with Crippen molar-refractivity contribution < 1.29 is 9.90 Å². The lowest BCUT2D eigenvalue weighted by atomic mass is 10.1. The topological polar surface area (TPSA) is 101 Å². The molecule has 2 rings (SSSR count). The molecule has 0 spiro atoms. The minimum absolute atomic E-state index is 0.0740. The Balaban J connectivity index is 1.97. The van der Waals surface area contributed by atoms with E-state index < -0.39 is 6.23 Å². The molecule has 0 saturated carbocycles. The molecule has 2 unspecified atom stereocenters. The maximum Gasteiger partial charge on any atom is 0.222 e. The average Bonchev–Trinajstić information content (AvgIpc) is 2.56. The van der Waals surface area contributed by atoms with E-state index >= 15 is 0 Å². The number of rotatable bonds is 2. The number of hydrogen-bond donors (Lipinski definition) is 3. The van der Waals surface area contributed by atoms with Gasteiger partial charge in [-0.05, 0) is 6.42 Å². The van der Waals surface area contributed by atoms with Crippen molar-refractivity contribution in [1.82, 2.24) is 15.5 Å². The van der Waals surface area contributed by atoms with Crippen LogP contribution in [0.5, 0.6) is 0 Å². The Labute approximate surface area is 94.3 Å². The molecule has 0 aromatic carbocycles. The number of piperidine rings is 1. The summed E-state index contributed by atoms with van der Waals surface area (Å²) in [4.78, 5) is 10.9. The van der Waals surface area contributed by atoms with E-state index in [2.05, 4.69) is 15.5 Å². The van der Waals surface area contributed by atoms with Crippen molar-refractivity contribution in [3.63, 3.8) is 0 Å². The van der Waals surface area contributed by atoms with Crippen LogP contribution in [0.4, 0.5) is 5.13 Å². The molecule has 1 aromatic heterocycles. The van der Waals surface area contributed by atoms with Gasteiger partial charge < -0.3 is 16.2 Å². The second-order valence-corrected chi connectivity index (χ2v) is 5.61. The van der Waals surface area contributed by atoms with Crippen LogP contribution in [-0.2, 0) is 4.79 Å². The number of aliphatic hydroxyl groups excluding tert-OH is 1. The zero-order valence-corrected chi connectivity index (χ0v) is 9.35. The molecule has 1 saturated heterocycles. The van der Waals surface area contributed by atoms with Crippen LogP contribution in [0.15, 0.2) is 4.34 Å². The average molecular weight is 246 g/mol. The number of hydrogen-bond acceptors (Lipinski definition) is 7. The number of aromatic nitrogens is 2. The molecule has 1 aromatic rings. The summed E-state index contributed by atoms with van der Waals surface area (Å²) in [6.07, 6.45) is 0.251. The van der Waals surface area contributed by atoms with E-state index in [9.17, 15) is 9.90 Å². The lowest BCUT2D eigenvalue weighted by Gasteiger charge is -2.26. The monoisotopic (exact) mass is 246 g/mol. The highest BCUT2D eigenvalue weighted by Gasteiger charge is 2.28. The SMILES string of the molecule is Nc1nnc(SC2CCC(=O)NC2O)s1. The minimum Gasteiger partial charge on any atom is -0.374 e. The van der Waals surface area contributed by atoms with E-state index in [-0.39, 0.29) is 11.2 Å². The molecule has 2 heterocycles. The van der Waals surface area contributed by atoms with Crippen molar-refractivity contribution >= 4 is 34.1 Å². The summed E-state index contributed by atoms with van der Waals surface area (Å²) < 4.78 is 0.715.